The summed E-state index contributed by atoms with van der Waals surface area (Å²) in [5.74, 6) is -1.33. The van der Waals surface area contributed by atoms with E-state index in [9.17, 15) is 34.0 Å². The maximum absolute atomic E-state index is 13.8. The highest BCUT2D eigenvalue weighted by atomic mass is 35.5. The standard InChI is InChI=1S/C18H16Cl2FN3O3S.C17H16Cl2FNO5S2/c1-10-6-15-16(9-14(10)21)23-18(22-15)11-7-17(13(20)8-12(11)19)28(25,26)24-2-4-27-5-3-24;18-15-10-16(19)17(28(24,25)21-4-6-26-7-5-21)8-12(15)11-27(22,23)14-3-1-2-13(20)9-14/h6-9H,2-5H2,1H3,(H,22,23);1-3,8-10H,4-7,11H2. The van der Waals surface area contributed by atoms with Crippen LogP contribution in [0.4, 0.5) is 8.78 Å². The van der Waals surface area contributed by atoms with Crippen molar-refractivity contribution in [3.8, 4) is 11.4 Å². The van der Waals surface area contributed by atoms with Gasteiger partial charge in [-0.25, -0.2) is 39.0 Å². The van der Waals surface area contributed by atoms with Crippen molar-refractivity contribution in [2.75, 3.05) is 52.6 Å². The molecule has 0 spiro atoms. The molecule has 4 aromatic carbocycles. The first-order valence-corrected chi connectivity index (χ1v) is 22.7. The third-order valence-corrected chi connectivity index (χ3v) is 15.9. The number of sulfonamides is 2. The number of nitrogens with one attached hydrogen (secondary N) is 1. The number of hydrogen-bond acceptors (Lipinski definition) is 9. The van der Waals surface area contributed by atoms with Gasteiger partial charge in [-0.1, -0.05) is 52.5 Å². The molecule has 1 aromatic heterocycles. The van der Waals surface area contributed by atoms with Crippen molar-refractivity contribution in [1.82, 2.24) is 18.6 Å². The van der Waals surface area contributed by atoms with Crippen LogP contribution >= 0.6 is 46.4 Å². The van der Waals surface area contributed by atoms with Gasteiger partial charge in [-0.15, -0.1) is 0 Å². The van der Waals surface area contributed by atoms with Gasteiger partial charge in [-0.3, -0.25) is 0 Å². The Balaban J connectivity index is 0.000000190. The number of morpholine rings is 2. The first-order chi connectivity index (χ1) is 26.4. The van der Waals surface area contributed by atoms with Crippen LogP contribution in [-0.2, 0) is 45.1 Å². The molecular formula is C35H32Cl4F2N4O8S3. The molecule has 2 fully saturated rings. The number of rotatable bonds is 8. The van der Waals surface area contributed by atoms with E-state index in [2.05, 4.69) is 9.97 Å². The van der Waals surface area contributed by atoms with Crippen LogP contribution in [0.15, 0.2) is 75.4 Å². The summed E-state index contributed by atoms with van der Waals surface area (Å²) in [6.07, 6.45) is 0. The number of imidazole rings is 1. The van der Waals surface area contributed by atoms with Gasteiger partial charge in [-0.05, 0) is 66.6 Å². The predicted molar refractivity (Wildman–Crippen MR) is 209 cm³/mol. The zero-order valence-electron chi connectivity index (χ0n) is 29.2. The number of fused-ring (bicyclic) bond motifs is 1. The average molecular weight is 913 g/mol. The summed E-state index contributed by atoms with van der Waals surface area (Å²) in [6, 6.07) is 12.6. The maximum atomic E-state index is 13.8. The molecular weight excluding hydrogens is 880 g/mol. The van der Waals surface area contributed by atoms with E-state index in [-0.39, 0.29) is 85.6 Å². The van der Waals surface area contributed by atoms with Crippen molar-refractivity contribution >= 4 is 87.3 Å². The van der Waals surface area contributed by atoms with E-state index in [0.29, 0.717) is 41.2 Å². The number of sulfone groups is 1. The molecule has 2 saturated heterocycles. The number of nitrogens with zero attached hydrogens (tertiary/aromatic N) is 3. The number of ether oxygens (including phenoxy) is 2. The highest BCUT2D eigenvalue weighted by Crippen LogP contribution is 2.37. The molecule has 2 aliphatic heterocycles. The summed E-state index contributed by atoms with van der Waals surface area (Å²) in [4.78, 5) is 6.91. The van der Waals surface area contributed by atoms with Crippen LogP contribution in [0, 0.1) is 18.6 Å². The average Bonchev–Trinajstić information content (AvgIpc) is 3.55. The lowest BCUT2D eigenvalue weighted by Crippen LogP contribution is -2.40. The fraction of sp³-hybridized carbons (Fsp3) is 0.286. The minimum absolute atomic E-state index is 0.00547. The minimum Gasteiger partial charge on any atom is -0.379 e. The van der Waals surface area contributed by atoms with Gasteiger partial charge in [0.25, 0.3) is 0 Å². The number of hydrogen-bond donors (Lipinski definition) is 1. The fourth-order valence-electron chi connectivity index (χ4n) is 5.86. The van der Waals surface area contributed by atoms with Gasteiger partial charge in [0.2, 0.25) is 20.0 Å². The van der Waals surface area contributed by atoms with Crippen LogP contribution in [0.1, 0.15) is 11.1 Å². The summed E-state index contributed by atoms with van der Waals surface area (Å²) < 4.78 is 117. The SMILES string of the molecule is Cc1cc2[nH]c(-c3cc(S(=O)(=O)N4CCOCC4)c(Cl)cc3Cl)nc2cc1F.O=S(=O)(Cc1cc(S(=O)(=O)N2CCOCC2)c(Cl)cc1Cl)c1cccc(F)c1. The number of H-pyrrole nitrogens is 1. The first-order valence-electron chi connectivity index (χ1n) is 16.7. The Hall–Kier alpha value is -2.94. The summed E-state index contributed by atoms with van der Waals surface area (Å²) >= 11 is 24.7. The van der Waals surface area contributed by atoms with E-state index in [1.54, 1.807) is 13.0 Å². The van der Waals surface area contributed by atoms with E-state index in [1.165, 1.54) is 45.0 Å². The molecule has 56 heavy (non-hydrogen) atoms. The predicted octanol–water partition coefficient (Wildman–Crippen LogP) is 7.13. The number of halogens is 6. The van der Waals surface area contributed by atoms with Gasteiger partial charge in [0, 0.05) is 42.8 Å². The van der Waals surface area contributed by atoms with Crippen LogP contribution in [0.2, 0.25) is 20.1 Å². The number of benzene rings is 4. The second kappa shape index (κ2) is 17.1. The highest BCUT2D eigenvalue weighted by molar-refractivity contribution is 7.90. The third kappa shape index (κ3) is 9.18. The molecule has 0 radical (unpaired) electrons. The summed E-state index contributed by atoms with van der Waals surface area (Å²) in [6.45, 7) is 3.64. The lowest BCUT2D eigenvalue weighted by molar-refractivity contribution is 0.0730. The Kier molecular flexibility index (Phi) is 13.0. The fourth-order valence-corrected chi connectivity index (χ4v) is 11.8. The molecule has 0 amide bonds. The van der Waals surface area contributed by atoms with Gasteiger partial charge in [0.1, 0.15) is 27.2 Å². The molecule has 5 aromatic rings. The molecule has 7 rings (SSSR count). The van der Waals surface area contributed by atoms with E-state index >= 15 is 0 Å². The van der Waals surface area contributed by atoms with Crippen LogP contribution in [0.5, 0.6) is 0 Å². The van der Waals surface area contributed by atoms with Gasteiger partial charge in [-0.2, -0.15) is 8.61 Å². The van der Waals surface area contributed by atoms with Crippen molar-refractivity contribution in [1.29, 1.82) is 0 Å². The highest BCUT2D eigenvalue weighted by Gasteiger charge is 2.31. The zero-order valence-corrected chi connectivity index (χ0v) is 34.7. The monoisotopic (exact) mass is 910 g/mol. The Morgan fingerprint density at radius 1 is 0.714 bits per heavy atom. The zero-order chi connectivity index (χ0) is 40.6. The molecule has 3 heterocycles. The lowest BCUT2D eigenvalue weighted by Gasteiger charge is -2.26. The molecule has 300 valence electrons. The van der Waals surface area contributed by atoms with E-state index < -0.39 is 41.5 Å². The molecule has 0 saturated carbocycles. The van der Waals surface area contributed by atoms with Crippen molar-refractivity contribution in [3.63, 3.8) is 0 Å². The maximum Gasteiger partial charge on any atom is 0.244 e. The van der Waals surface area contributed by atoms with E-state index in [4.69, 9.17) is 55.9 Å². The molecule has 0 bridgehead atoms. The Morgan fingerprint density at radius 2 is 1.27 bits per heavy atom. The smallest absolute Gasteiger partial charge is 0.244 e. The first kappa shape index (κ1) is 42.7. The minimum atomic E-state index is -3.95. The second-order valence-corrected chi connectivity index (χ2v) is 20.0. The summed E-state index contributed by atoms with van der Waals surface area (Å²) in [7, 11) is -11.7. The summed E-state index contributed by atoms with van der Waals surface area (Å²) in [5, 5.41) is 0.162. The van der Waals surface area contributed by atoms with Gasteiger partial charge in [0.05, 0.1) is 63.2 Å². The van der Waals surface area contributed by atoms with Crippen LogP contribution in [0.25, 0.3) is 22.4 Å². The molecule has 0 aliphatic carbocycles. The van der Waals surface area contributed by atoms with Crippen LogP contribution in [-0.4, -0.2) is 96.4 Å². The van der Waals surface area contributed by atoms with Gasteiger partial charge >= 0.3 is 0 Å². The lowest BCUT2D eigenvalue weighted by atomic mass is 10.2. The second-order valence-electron chi connectivity index (χ2n) is 12.6. The molecule has 21 heteroatoms. The molecule has 0 atom stereocenters. The Bertz CT molecular complexity index is 2600. The number of aryl methyl sites for hydroxylation is 1. The summed E-state index contributed by atoms with van der Waals surface area (Å²) in [5.41, 5.74) is 1.94. The van der Waals surface area contributed by atoms with Crippen molar-refractivity contribution in [3.05, 3.63) is 104 Å². The van der Waals surface area contributed by atoms with E-state index in [0.717, 1.165) is 18.2 Å². The Labute approximate surface area is 342 Å². The molecule has 1 N–H and O–H groups in total. The molecule has 2 aliphatic rings. The Morgan fingerprint density at radius 3 is 1.84 bits per heavy atom. The largest absolute Gasteiger partial charge is 0.379 e. The number of aromatic nitrogens is 2. The molecule has 0 unspecified atom stereocenters. The van der Waals surface area contributed by atoms with Crippen LogP contribution in [0.3, 0.4) is 0 Å². The normalized spacial score (nSPS) is 16.1. The topological polar surface area (TPSA) is 156 Å². The van der Waals surface area contributed by atoms with Gasteiger partial charge < -0.3 is 14.5 Å². The third-order valence-electron chi connectivity index (χ3n) is 8.82. The van der Waals surface area contributed by atoms with Gasteiger partial charge in [0.15, 0.2) is 9.84 Å². The molecule has 12 nitrogen and oxygen atoms in total. The van der Waals surface area contributed by atoms with E-state index in [1.807, 2.05) is 0 Å². The van der Waals surface area contributed by atoms with Crippen molar-refractivity contribution < 1.29 is 43.5 Å². The quantitative estimate of drug-likeness (QED) is 0.171. The van der Waals surface area contributed by atoms with Crippen molar-refractivity contribution in [2.45, 2.75) is 27.4 Å². The van der Waals surface area contributed by atoms with Crippen LogP contribution < -0.4 is 0 Å². The number of aromatic amines is 1. The van der Waals surface area contributed by atoms with Crippen molar-refractivity contribution in [2.24, 2.45) is 0 Å².